The molecule has 19 heavy (non-hydrogen) atoms. The molecule has 0 fully saturated rings. The summed E-state index contributed by atoms with van der Waals surface area (Å²) in [5, 5.41) is 6.52. The number of carbonyl (C=O) groups is 1. The number of amides is 1. The van der Waals surface area contributed by atoms with Crippen LogP contribution in [-0.2, 0) is 11.3 Å². The summed E-state index contributed by atoms with van der Waals surface area (Å²) in [6.45, 7) is 2.16. The molecule has 2 atom stereocenters. The summed E-state index contributed by atoms with van der Waals surface area (Å²) in [4.78, 5) is 12.0. The maximum absolute atomic E-state index is 12.0. The van der Waals surface area contributed by atoms with E-state index in [1.807, 2.05) is 37.3 Å². The third-order valence-electron chi connectivity index (χ3n) is 3.07. The van der Waals surface area contributed by atoms with E-state index in [2.05, 4.69) is 10.5 Å². The summed E-state index contributed by atoms with van der Waals surface area (Å²) >= 11 is 0. The van der Waals surface area contributed by atoms with E-state index in [9.17, 15) is 4.79 Å². The SMILES string of the molecule is CC(C(=O)NCc1ccon1)C(N)c1ccccc1. The van der Waals surface area contributed by atoms with Crippen molar-refractivity contribution in [2.24, 2.45) is 11.7 Å². The van der Waals surface area contributed by atoms with Crippen LogP contribution in [0, 0.1) is 5.92 Å². The maximum Gasteiger partial charge on any atom is 0.225 e. The fourth-order valence-corrected chi connectivity index (χ4v) is 1.79. The molecule has 1 heterocycles. The third-order valence-corrected chi connectivity index (χ3v) is 3.07. The van der Waals surface area contributed by atoms with Crippen LogP contribution in [0.25, 0.3) is 0 Å². The van der Waals surface area contributed by atoms with Crippen molar-refractivity contribution in [3.63, 3.8) is 0 Å². The van der Waals surface area contributed by atoms with Gasteiger partial charge in [0.2, 0.25) is 5.91 Å². The minimum atomic E-state index is -0.321. The molecule has 5 nitrogen and oxygen atoms in total. The standard InChI is InChI=1S/C14H17N3O2/c1-10(13(15)11-5-3-2-4-6-11)14(18)16-9-12-7-8-19-17-12/h2-8,10,13H,9,15H2,1H3,(H,16,18). The summed E-state index contributed by atoms with van der Waals surface area (Å²) in [6.07, 6.45) is 1.47. The Balaban J connectivity index is 1.91. The molecule has 2 unspecified atom stereocenters. The Labute approximate surface area is 111 Å². The van der Waals surface area contributed by atoms with Gasteiger partial charge in [-0.25, -0.2) is 0 Å². The lowest BCUT2D eigenvalue weighted by atomic mass is 9.95. The number of aromatic nitrogens is 1. The van der Waals surface area contributed by atoms with Crippen molar-refractivity contribution in [3.05, 3.63) is 53.9 Å². The molecule has 0 saturated heterocycles. The molecule has 3 N–H and O–H groups in total. The van der Waals surface area contributed by atoms with E-state index in [0.29, 0.717) is 12.2 Å². The van der Waals surface area contributed by atoms with Gasteiger partial charge >= 0.3 is 0 Å². The van der Waals surface area contributed by atoms with Gasteiger partial charge in [-0.2, -0.15) is 0 Å². The van der Waals surface area contributed by atoms with E-state index >= 15 is 0 Å². The Morgan fingerprint density at radius 1 is 1.37 bits per heavy atom. The molecular formula is C14H17N3O2. The summed E-state index contributed by atoms with van der Waals surface area (Å²) in [7, 11) is 0. The van der Waals surface area contributed by atoms with Crippen molar-refractivity contribution in [2.75, 3.05) is 0 Å². The van der Waals surface area contributed by atoms with Gasteiger partial charge < -0.3 is 15.6 Å². The molecule has 2 aromatic rings. The molecule has 0 aliphatic heterocycles. The number of rotatable bonds is 5. The summed E-state index contributed by atoms with van der Waals surface area (Å²) < 4.78 is 4.70. The first-order chi connectivity index (χ1) is 9.18. The normalized spacial score (nSPS) is 13.8. The highest BCUT2D eigenvalue weighted by Gasteiger charge is 2.21. The Kier molecular flexibility index (Phi) is 4.30. The van der Waals surface area contributed by atoms with Gasteiger partial charge in [-0.3, -0.25) is 4.79 Å². The van der Waals surface area contributed by atoms with Crippen molar-refractivity contribution < 1.29 is 9.32 Å². The second-order valence-corrected chi connectivity index (χ2v) is 4.43. The fraction of sp³-hybridized carbons (Fsp3) is 0.286. The summed E-state index contributed by atoms with van der Waals surface area (Å²) in [6, 6.07) is 11.0. The molecule has 2 rings (SSSR count). The predicted octanol–water partition coefficient (Wildman–Crippen LogP) is 1.63. The minimum Gasteiger partial charge on any atom is -0.364 e. The van der Waals surface area contributed by atoms with Crippen LogP contribution in [0.4, 0.5) is 0 Å². The highest BCUT2D eigenvalue weighted by atomic mass is 16.5. The number of hydrogen-bond donors (Lipinski definition) is 2. The average Bonchev–Trinajstić information content (AvgIpc) is 2.97. The first kappa shape index (κ1) is 13.3. The van der Waals surface area contributed by atoms with Gasteiger partial charge in [0, 0.05) is 12.1 Å². The zero-order chi connectivity index (χ0) is 13.7. The van der Waals surface area contributed by atoms with Gasteiger partial charge in [0.1, 0.15) is 12.0 Å². The van der Waals surface area contributed by atoms with E-state index < -0.39 is 0 Å². The fourth-order valence-electron chi connectivity index (χ4n) is 1.79. The lowest BCUT2D eigenvalue weighted by molar-refractivity contribution is -0.125. The third kappa shape index (κ3) is 3.42. The highest BCUT2D eigenvalue weighted by molar-refractivity contribution is 5.79. The first-order valence-electron chi connectivity index (χ1n) is 6.16. The number of nitrogens with zero attached hydrogens (tertiary/aromatic N) is 1. The maximum atomic E-state index is 12.0. The predicted molar refractivity (Wildman–Crippen MR) is 70.9 cm³/mol. The van der Waals surface area contributed by atoms with E-state index in [0.717, 1.165) is 5.56 Å². The largest absolute Gasteiger partial charge is 0.364 e. The quantitative estimate of drug-likeness (QED) is 0.855. The van der Waals surface area contributed by atoms with Crippen molar-refractivity contribution in [1.82, 2.24) is 10.5 Å². The number of benzene rings is 1. The molecule has 0 aliphatic carbocycles. The Morgan fingerprint density at radius 3 is 2.74 bits per heavy atom. The molecule has 0 radical (unpaired) electrons. The Hall–Kier alpha value is -2.14. The first-order valence-corrected chi connectivity index (χ1v) is 6.16. The molecule has 1 aromatic heterocycles. The minimum absolute atomic E-state index is 0.0978. The Bertz CT molecular complexity index is 511. The molecule has 5 heteroatoms. The van der Waals surface area contributed by atoms with Gasteiger partial charge in [0.25, 0.3) is 0 Å². The van der Waals surface area contributed by atoms with E-state index in [1.54, 1.807) is 6.07 Å². The number of hydrogen-bond acceptors (Lipinski definition) is 4. The van der Waals surface area contributed by atoms with Crippen molar-refractivity contribution in [2.45, 2.75) is 19.5 Å². The van der Waals surface area contributed by atoms with Crippen molar-refractivity contribution >= 4 is 5.91 Å². The van der Waals surface area contributed by atoms with Crippen LogP contribution in [0.5, 0.6) is 0 Å². The lowest BCUT2D eigenvalue weighted by Gasteiger charge is -2.19. The molecule has 100 valence electrons. The Morgan fingerprint density at radius 2 is 2.11 bits per heavy atom. The summed E-state index contributed by atoms with van der Waals surface area (Å²) in [5.41, 5.74) is 7.73. The van der Waals surface area contributed by atoms with Crippen LogP contribution in [0.3, 0.4) is 0 Å². The van der Waals surface area contributed by atoms with Gasteiger partial charge in [-0.15, -0.1) is 0 Å². The lowest BCUT2D eigenvalue weighted by Crippen LogP contribution is -2.35. The molecule has 0 aliphatic rings. The van der Waals surface area contributed by atoms with Crippen LogP contribution in [0.15, 0.2) is 47.2 Å². The van der Waals surface area contributed by atoms with Crippen LogP contribution < -0.4 is 11.1 Å². The van der Waals surface area contributed by atoms with Crippen molar-refractivity contribution in [3.8, 4) is 0 Å². The highest BCUT2D eigenvalue weighted by Crippen LogP contribution is 2.19. The smallest absolute Gasteiger partial charge is 0.225 e. The zero-order valence-electron chi connectivity index (χ0n) is 10.7. The molecule has 0 bridgehead atoms. The number of carbonyl (C=O) groups excluding carboxylic acids is 1. The van der Waals surface area contributed by atoms with E-state index in [4.69, 9.17) is 10.3 Å². The second-order valence-electron chi connectivity index (χ2n) is 4.43. The monoisotopic (exact) mass is 259 g/mol. The van der Waals surface area contributed by atoms with Crippen molar-refractivity contribution in [1.29, 1.82) is 0 Å². The van der Waals surface area contributed by atoms with E-state index in [1.165, 1.54) is 6.26 Å². The van der Waals surface area contributed by atoms with E-state index in [-0.39, 0.29) is 17.9 Å². The topological polar surface area (TPSA) is 81.2 Å². The van der Waals surface area contributed by atoms with Crippen LogP contribution >= 0.6 is 0 Å². The molecule has 0 spiro atoms. The second kappa shape index (κ2) is 6.15. The number of nitrogens with two attached hydrogens (primary N) is 1. The van der Waals surface area contributed by atoms with Crippen LogP contribution in [0.1, 0.15) is 24.2 Å². The van der Waals surface area contributed by atoms with Crippen LogP contribution in [-0.4, -0.2) is 11.1 Å². The number of nitrogens with one attached hydrogen (secondary N) is 1. The molecule has 0 saturated carbocycles. The average molecular weight is 259 g/mol. The van der Waals surface area contributed by atoms with Gasteiger partial charge in [0.15, 0.2) is 0 Å². The van der Waals surface area contributed by atoms with Gasteiger partial charge in [0.05, 0.1) is 12.5 Å². The molecular weight excluding hydrogens is 242 g/mol. The summed E-state index contributed by atoms with van der Waals surface area (Å²) in [5.74, 6) is -0.409. The molecule has 1 amide bonds. The van der Waals surface area contributed by atoms with Gasteiger partial charge in [-0.05, 0) is 5.56 Å². The van der Waals surface area contributed by atoms with Crippen LogP contribution in [0.2, 0.25) is 0 Å². The van der Waals surface area contributed by atoms with Gasteiger partial charge in [-0.1, -0.05) is 42.4 Å². The molecule has 1 aromatic carbocycles. The zero-order valence-corrected chi connectivity index (χ0v) is 10.7.